The highest BCUT2D eigenvalue weighted by Crippen LogP contribution is 2.18. The summed E-state index contributed by atoms with van der Waals surface area (Å²) in [6.07, 6.45) is 1.33. The monoisotopic (exact) mass is 288 g/mol. The molecule has 2 aromatic rings. The minimum absolute atomic E-state index is 0.161. The molecule has 2 rings (SSSR count). The molecule has 1 heterocycles. The predicted molar refractivity (Wildman–Crippen MR) is 76.0 cm³/mol. The Hall–Kier alpha value is -2.63. The predicted octanol–water partition coefficient (Wildman–Crippen LogP) is 2.36. The molecule has 1 N–H and O–H groups in total. The van der Waals surface area contributed by atoms with Crippen LogP contribution in [0.2, 0.25) is 0 Å². The van der Waals surface area contributed by atoms with Crippen molar-refractivity contribution < 1.29 is 19.4 Å². The molecule has 0 aliphatic heterocycles. The van der Waals surface area contributed by atoms with Crippen molar-refractivity contribution in [2.75, 3.05) is 6.61 Å². The first kappa shape index (κ1) is 14.8. The first-order valence-electron chi connectivity index (χ1n) is 6.51. The largest absolute Gasteiger partial charge is 0.478 e. The van der Waals surface area contributed by atoms with Crippen LogP contribution in [0.4, 0.5) is 0 Å². The zero-order valence-corrected chi connectivity index (χ0v) is 12.1. The zero-order chi connectivity index (χ0) is 15.6. The van der Waals surface area contributed by atoms with Gasteiger partial charge in [-0.15, -0.1) is 0 Å². The molecule has 1 aromatic carbocycles. The van der Waals surface area contributed by atoms with Gasteiger partial charge in [-0.05, 0) is 38.0 Å². The fraction of sp³-hybridized carbons (Fsp3) is 0.267. The molecule has 0 aliphatic carbocycles. The number of hydrogen-bond acceptors (Lipinski definition) is 4. The number of nitrogens with zero attached hydrogens (tertiary/aromatic N) is 2. The smallest absolute Gasteiger partial charge is 0.359 e. The van der Waals surface area contributed by atoms with Gasteiger partial charge in [-0.25, -0.2) is 14.3 Å². The molecule has 1 aromatic heterocycles. The number of carboxylic acid groups (broad SMARTS) is 1. The van der Waals surface area contributed by atoms with Crippen LogP contribution in [0.3, 0.4) is 0 Å². The summed E-state index contributed by atoms with van der Waals surface area (Å²) in [5.74, 6) is -1.95. The minimum atomic E-state index is -1.21. The van der Waals surface area contributed by atoms with E-state index in [0.717, 1.165) is 16.8 Å². The van der Waals surface area contributed by atoms with Crippen LogP contribution < -0.4 is 0 Å². The maximum Gasteiger partial charge on any atom is 0.359 e. The molecular weight excluding hydrogens is 272 g/mol. The van der Waals surface area contributed by atoms with Gasteiger partial charge in [-0.3, -0.25) is 0 Å². The number of benzene rings is 1. The molecule has 0 saturated heterocycles. The lowest BCUT2D eigenvalue weighted by molar-refractivity contribution is 0.0507. The second kappa shape index (κ2) is 5.78. The minimum Gasteiger partial charge on any atom is -0.478 e. The third-order valence-electron chi connectivity index (χ3n) is 3.02. The summed E-state index contributed by atoms with van der Waals surface area (Å²) >= 11 is 0. The molecule has 0 bridgehead atoms. The van der Waals surface area contributed by atoms with Crippen LogP contribution in [0.25, 0.3) is 5.69 Å². The number of aromatic nitrogens is 2. The molecule has 6 nitrogen and oxygen atoms in total. The number of aryl methyl sites for hydroxylation is 2. The molecule has 0 unspecified atom stereocenters. The van der Waals surface area contributed by atoms with Crippen molar-refractivity contribution in [1.82, 2.24) is 9.78 Å². The first-order valence-corrected chi connectivity index (χ1v) is 6.51. The van der Waals surface area contributed by atoms with Gasteiger partial charge in [0.05, 0.1) is 12.3 Å². The first-order chi connectivity index (χ1) is 9.93. The molecule has 0 amide bonds. The van der Waals surface area contributed by atoms with Crippen LogP contribution in [0.1, 0.15) is 38.9 Å². The molecule has 0 atom stereocenters. The average Bonchev–Trinajstić information content (AvgIpc) is 2.87. The maximum absolute atomic E-state index is 11.8. The van der Waals surface area contributed by atoms with Crippen LogP contribution in [0.5, 0.6) is 0 Å². The van der Waals surface area contributed by atoms with Gasteiger partial charge in [-0.2, -0.15) is 5.10 Å². The van der Waals surface area contributed by atoms with E-state index < -0.39 is 11.9 Å². The maximum atomic E-state index is 11.8. The van der Waals surface area contributed by atoms with E-state index in [2.05, 4.69) is 5.10 Å². The molecule has 0 aliphatic rings. The van der Waals surface area contributed by atoms with Crippen molar-refractivity contribution in [2.45, 2.75) is 20.8 Å². The van der Waals surface area contributed by atoms with Crippen LogP contribution in [0, 0.1) is 13.8 Å². The van der Waals surface area contributed by atoms with Gasteiger partial charge in [0.25, 0.3) is 0 Å². The van der Waals surface area contributed by atoms with Crippen molar-refractivity contribution >= 4 is 11.9 Å². The zero-order valence-electron chi connectivity index (χ0n) is 12.1. The number of rotatable bonds is 4. The fourth-order valence-corrected chi connectivity index (χ4v) is 1.97. The van der Waals surface area contributed by atoms with Crippen molar-refractivity contribution in [3.8, 4) is 5.69 Å². The van der Waals surface area contributed by atoms with E-state index in [4.69, 9.17) is 4.74 Å². The Balaban J connectivity index is 2.56. The molecular formula is C15H16N2O4. The highest BCUT2D eigenvalue weighted by Gasteiger charge is 2.23. The van der Waals surface area contributed by atoms with Gasteiger partial charge < -0.3 is 9.84 Å². The van der Waals surface area contributed by atoms with E-state index in [0.29, 0.717) is 0 Å². The van der Waals surface area contributed by atoms with Gasteiger partial charge in [0.1, 0.15) is 5.56 Å². The summed E-state index contributed by atoms with van der Waals surface area (Å²) in [5, 5.41) is 13.3. The lowest BCUT2D eigenvalue weighted by Crippen LogP contribution is -2.11. The van der Waals surface area contributed by atoms with Crippen LogP contribution in [-0.2, 0) is 4.74 Å². The van der Waals surface area contributed by atoms with E-state index in [-0.39, 0.29) is 17.9 Å². The summed E-state index contributed by atoms with van der Waals surface area (Å²) in [5.41, 5.74) is 2.31. The molecule has 0 radical (unpaired) electrons. The quantitative estimate of drug-likeness (QED) is 0.873. The Morgan fingerprint density at radius 1 is 1.33 bits per heavy atom. The van der Waals surface area contributed by atoms with E-state index in [1.807, 2.05) is 32.0 Å². The number of carbonyl (C=O) groups excluding carboxylic acids is 1. The summed E-state index contributed by atoms with van der Waals surface area (Å²) < 4.78 is 6.24. The van der Waals surface area contributed by atoms with Crippen LogP contribution >= 0.6 is 0 Å². The fourth-order valence-electron chi connectivity index (χ4n) is 1.97. The standard InChI is InChI=1S/C15H16N2O4/c1-4-21-15(20)13-11(14(18)19)8-17(16-13)12-7-9(2)5-6-10(12)3/h5-8H,4H2,1-3H3,(H,18,19). The van der Waals surface area contributed by atoms with Gasteiger partial charge in [0.15, 0.2) is 5.69 Å². The molecule has 0 saturated carbocycles. The Morgan fingerprint density at radius 2 is 2.05 bits per heavy atom. The highest BCUT2D eigenvalue weighted by molar-refractivity contribution is 6.00. The summed E-state index contributed by atoms with van der Waals surface area (Å²) in [4.78, 5) is 23.1. The number of carboxylic acids is 1. The third-order valence-corrected chi connectivity index (χ3v) is 3.02. The van der Waals surface area contributed by atoms with Gasteiger partial charge >= 0.3 is 11.9 Å². The van der Waals surface area contributed by atoms with E-state index in [1.54, 1.807) is 6.92 Å². The van der Waals surface area contributed by atoms with Crippen molar-refractivity contribution in [3.63, 3.8) is 0 Å². The van der Waals surface area contributed by atoms with Crippen molar-refractivity contribution in [1.29, 1.82) is 0 Å². The van der Waals surface area contributed by atoms with E-state index in [9.17, 15) is 14.7 Å². The Labute approximate surface area is 122 Å². The number of hydrogen-bond donors (Lipinski definition) is 1. The Kier molecular flexibility index (Phi) is 4.07. The number of carbonyl (C=O) groups is 2. The number of aromatic carboxylic acids is 1. The average molecular weight is 288 g/mol. The summed E-state index contributed by atoms with van der Waals surface area (Å²) in [6.45, 7) is 5.63. The van der Waals surface area contributed by atoms with Gasteiger partial charge in [0.2, 0.25) is 0 Å². The summed E-state index contributed by atoms with van der Waals surface area (Å²) in [6, 6.07) is 5.74. The van der Waals surface area contributed by atoms with Crippen molar-refractivity contribution in [3.05, 3.63) is 46.8 Å². The molecule has 110 valence electrons. The Bertz CT molecular complexity index is 704. The number of esters is 1. The SMILES string of the molecule is CCOC(=O)c1nn(-c2cc(C)ccc2C)cc1C(=O)O. The van der Waals surface area contributed by atoms with Crippen LogP contribution in [-0.4, -0.2) is 33.4 Å². The summed E-state index contributed by atoms with van der Waals surface area (Å²) in [7, 11) is 0. The molecule has 21 heavy (non-hydrogen) atoms. The van der Waals surface area contributed by atoms with E-state index in [1.165, 1.54) is 10.9 Å². The van der Waals surface area contributed by atoms with Gasteiger partial charge in [0, 0.05) is 6.20 Å². The lowest BCUT2D eigenvalue weighted by atomic mass is 10.1. The topological polar surface area (TPSA) is 81.4 Å². The lowest BCUT2D eigenvalue weighted by Gasteiger charge is -2.06. The highest BCUT2D eigenvalue weighted by atomic mass is 16.5. The molecule has 6 heteroatoms. The third kappa shape index (κ3) is 2.94. The van der Waals surface area contributed by atoms with Crippen molar-refractivity contribution in [2.24, 2.45) is 0 Å². The van der Waals surface area contributed by atoms with Crippen LogP contribution in [0.15, 0.2) is 24.4 Å². The second-order valence-electron chi connectivity index (χ2n) is 4.65. The number of ether oxygens (including phenoxy) is 1. The van der Waals surface area contributed by atoms with Gasteiger partial charge in [-0.1, -0.05) is 12.1 Å². The Morgan fingerprint density at radius 3 is 2.67 bits per heavy atom. The van der Waals surface area contributed by atoms with E-state index >= 15 is 0 Å². The second-order valence-corrected chi connectivity index (χ2v) is 4.65. The normalized spacial score (nSPS) is 10.4. The molecule has 0 fully saturated rings. The molecule has 0 spiro atoms.